The highest BCUT2D eigenvalue weighted by atomic mass is 32.1. The molecular weight excluding hydrogens is 374 g/mol. The molecule has 148 valence electrons. The van der Waals surface area contributed by atoms with Gasteiger partial charge in [0.15, 0.2) is 10.8 Å². The van der Waals surface area contributed by atoms with Crippen molar-refractivity contribution >= 4 is 32.6 Å². The largest absolute Gasteiger partial charge is 0.492 e. The van der Waals surface area contributed by atoms with Crippen molar-refractivity contribution in [2.45, 2.75) is 27.3 Å². The molecule has 0 atom stereocenters. The molecular formula is C20H25N5O2S. The van der Waals surface area contributed by atoms with Gasteiger partial charge < -0.3 is 14.5 Å². The predicted octanol–water partition coefficient (Wildman–Crippen LogP) is 3.18. The fourth-order valence-corrected chi connectivity index (χ4v) is 4.55. The number of piperazine rings is 1. The van der Waals surface area contributed by atoms with Gasteiger partial charge in [0.25, 0.3) is 5.91 Å². The van der Waals surface area contributed by atoms with Crippen molar-refractivity contribution in [1.82, 2.24) is 19.7 Å². The Morgan fingerprint density at radius 1 is 1.21 bits per heavy atom. The summed E-state index contributed by atoms with van der Waals surface area (Å²) in [5.41, 5.74) is 2.47. The van der Waals surface area contributed by atoms with Crippen LogP contribution in [0.15, 0.2) is 24.3 Å². The number of aryl methyl sites for hydroxylation is 2. The summed E-state index contributed by atoms with van der Waals surface area (Å²) < 4.78 is 8.69. The number of aromatic nitrogens is 3. The smallest absolute Gasteiger partial charge is 0.274 e. The van der Waals surface area contributed by atoms with Crippen LogP contribution in [0.1, 0.15) is 30.0 Å². The molecule has 1 amide bonds. The normalized spacial score (nSPS) is 14.7. The van der Waals surface area contributed by atoms with Gasteiger partial charge in [-0.2, -0.15) is 5.10 Å². The van der Waals surface area contributed by atoms with E-state index >= 15 is 0 Å². The average molecular weight is 400 g/mol. The van der Waals surface area contributed by atoms with E-state index in [0.717, 1.165) is 46.4 Å². The number of hydrogen-bond donors (Lipinski definition) is 0. The average Bonchev–Trinajstić information content (AvgIpc) is 3.32. The Kier molecular flexibility index (Phi) is 5.21. The number of thiazole rings is 1. The van der Waals surface area contributed by atoms with Crippen LogP contribution in [0.5, 0.6) is 5.75 Å². The first kappa shape index (κ1) is 18.7. The van der Waals surface area contributed by atoms with Crippen molar-refractivity contribution in [3.63, 3.8) is 0 Å². The fraction of sp³-hybridized carbons (Fsp3) is 0.450. The molecule has 1 aliphatic rings. The minimum Gasteiger partial charge on any atom is -0.492 e. The quantitative estimate of drug-likeness (QED) is 0.659. The molecule has 8 heteroatoms. The van der Waals surface area contributed by atoms with E-state index in [1.165, 1.54) is 0 Å². The summed E-state index contributed by atoms with van der Waals surface area (Å²) in [7, 11) is 0. The molecule has 28 heavy (non-hydrogen) atoms. The number of benzene rings is 1. The second kappa shape index (κ2) is 7.79. The van der Waals surface area contributed by atoms with Crippen molar-refractivity contribution in [3.8, 4) is 5.75 Å². The Morgan fingerprint density at radius 3 is 2.68 bits per heavy atom. The molecule has 0 saturated carbocycles. The number of amides is 1. The molecule has 2 aromatic heterocycles. The van der Waals surface area contributed by atoms with Crippen LogP contribution in [0, 0.1) is 6.92 Å². The summed E-state index contributed by atoms with van der Waals surface area (Å²) in [5.74, 6) is 0.844. The number of fused-ring (bicyclic) bond motifs is 1. The monoisotopic (exact) mass is 399 g/mol. The van der Waals surface area contributed by atoms with Crippen LogP contribution >= 0.6 is 11.3 Å². The maximum Gasteiger partial charge on any atom is 0.274 e. The Hall–Kier alpha value is -2.61. The van der Waals surface area contributed by atoms with Gasteiger partial charge in [0, 0.05) is 38.4 Å². The first-order chi connectivity index (χ1) is 13.6. The first-order valence-corrected chi connectivity index (χ1v) is 10.5. The van der Waals surface area contributed by atoms with E-state index in [-0.39, 0.29) is 5.91 Å². The molecule has 7 nitrogen and oxygen atoms in total. The number of anilines is 1. The zero-order valence-corrected chi connectivity index (χ0v) is 17.3. The topological polar surface area (TPSA) is 63.5 Å². The third kappa shape index (κ3) is 3.44. The molecule has 4 rings (SSSR count). The van der Waals surface area contributed by atoms with Crippen LogP contribution < -0.4 is 9.64 Å². The summed E-state index contributed by atoms with van der Waals surface area (Å²) >= 11 is 1.67. The van der Waals surface area contributed by atoms with Crippen LogP contribution in [0.3, 0.4) is 0 Å². The Morgan fingerprint density at radius 2 is 2.00 bits per heavy atom. The van der Waals surface area contributed by atoms with E-state index in [0.29, 0.717) is 25.4 Å². The lowest BCUT2D eigenvalue weighted by Crippen LogP contribution is -2.48. The zero-order valence-electron chi connectivity index (χ0n) is 16.5. The highest BCUT2D eigenvalue weighted by Crippen LogP contribution is 2.34. The van der Waals surface area contributed by atoms with Gasteiger partial charge in [-0.3, -0.25) is 9.48 Å². The van der Waals surface area contributed by atoms with E-state index in [2.05, 4.69) is 16.1 Å². The molecule has 0 spiro atoms. The molecule has 1 aliphatic heterocycles. The molecule has 3 heterocycles. The van der Waals surface area contributed by atoms with Gasteiger partial charge in [0.05, 0.1) is 11.3 Å². The molecule has 1 saturated heterocycles. The van der Waals surface area contributed by atoms with Gasteiger partial charge in [-0.05, 0) is 39.0 Å². The number of carbonyl (C=O) groups excluding carboxylic acids is 1. The first-order valence-electron chi connectivity index (χ1n) is 9.71. The number of nitrogens with zero attached hydrogens (tertiary/aromatic N) is 5. The Balaban J connectivity index is 1.46. The number of hydrogen-bond acceptors (Lipinski definition) is 6. The van der Waals surface area contributed by atoms with Crippen molar-refractivity contribution < 1.29 is 9.53 Å². The van der Waals surface area contributed by atoms with Gasteiger partial charge in [-0.1, -0.05) is 17.4 Å². The molecule has 0 radical (unpaired) electrons. The second-order valence-electron chi connectivity index (χ2n) is 6.80. The van der Waals surface area contributed by atoms with E-state index in [4.69, 9.17) is 9.72 Å². The third-order valence-corrected chi connectivity index (χ3v) is 6.09. The van der Waals surface area contributed by atoms with E-state index in [1.54, 1.807) is 11.3 Å². The lowest BCUT2D eigenvalue weighted by molar-refractivity contribution is 0.0740. The maximum atomic E-state index is 12.8. The Bertz CT molecular complexity index is 988. The fourth-order valence-electron chi connectivity index (χ4n) is 3.52. The summed E-state index contributed by atoms with van der Waals surface area (Å²) in [5, 5.41) is 5.41. The lowest BCUT2D eigenvalue weighted by Gasteiger charge is -2.34. The summed E-state index contributed by atoms with van der Waals surface area (Å²) in [6.07, 6.45) is 0. The maximum absolute atomic E-state index is 12.8. The van der Waals surface area contributed by atoms with Gasteiger partial charge in [0.2, 0.25) is 0 Å². The van der Waals surface area contributed by atoms with Crippen LogP contribution in [0.2, 0.25) is 0 Å². The second-order valence-corrected chi connectivity index (χ2v) is 7.81. The zero-order chi connectivity index (χ0) is 19.7. The van der Waals surface area contributed by atoms with Gasteiger partial charge in [-0.15, -0.1) is 0 Å². The highest BCUT2D eigenvalue weighted by molar-refractivity contribution is 7.22. The van der Waals surface area contributed by atoms with Gasteiger partial charge >= 0.3 is 0 Å². The minimum absolute atomic E-state index is 0.0119. The summed E-state index contributed by atoms with van der Waals surface area (Å²) in [6.45, 7) is 10.3. The van der Waals surface area contributed by atoms with Crippen molar-refractivity contribution in [1.29, 1.82) is 0 Å². The Labute approximate surface area is 168 Å². The summed E-state index contributed by atoms with van der Waals surface area (Å²) in [6, 6.07) is 7.92. The number of ether oxygens (including phenoxy) is 1. The van der Waals surface area contributed by atoms with Gasteiger partial charge in [0.1, 0.15) is 11.3 Å². The van der Waals surface area contributed by atoms with Gasteiger partial charge in [-0.25, -0.2) is 4.98 Å². The molecule has 1 fully saturated rings. The molecule has 3 aromatic rings. The molecule has 0 bridgehead atoms. The van der Waals surface area contributed by atoms with E-state index in [9.17, 15) is 4.79 Å². The van der Waals surface area contributed by atoms with Crippen molar-refractivity contribution in [3.05, 3.63) is 35.7 Å². The summed E-state index contributed by atoms with van der Waals surface area (Å²) in [4.78, 5) is 21.7. The van der Waals surface area contributed by atoms with Crippen LogP contribution in [0.25, 0.3) is 10.2 Å². The number of rotatable bonds is 5. The molecule has 0 aliphatic carbocycles. The van der Waals surface area contributed by atoms with Crippen LogP contribution in [-0.4, -0.2) is 58.4 Å². The third-order valence-electron chi connectivity index (χ3n) is 5.01. The van der Waals surface area contributed by atoms with E-state index < -0.39 is 0 Å². The number of carbonyl (C=O) groups is 1. The SMILES string of the molecule is CCOc1cccc2sc(N3CCN(C(=O)c4cc(C)n(CC)n4)CC3)nc12. The predicted molar refractivity (Wildman–Crippen MR) is 112 cm³/mol. The van der Waals surface area contributed by atoms with Crippen molar-refractivity contribution in [2.75, 3.05) is 37.7 Å². The molecule has 0 unspecified atom stereocenters. The molecule has 0 N–H and O–H groups in total. The minimum atomic E-state index is 0.0119. The van der Waals surface area contributed by atoms with Crippen molar-refractivity contribution in [2.24, 2.45) is 0 Å². The molecule has 1 aromatic carbocycles. The lowest BCUT2D eigenvalue weighted by atomic mass is 10.2. The van der Waals surface area contributed by atoms with Crippen LogP contribution in [0.4, 0.5) is 5.13 Å². The van der Waals surface area contributed by atoms with E-state index in [1.807, 2.05) is 48.6 Å². The van der Waals surface area contributed by atoms with Crippen LogP contribution in [-0.2, 0) is 6.54 Å². The highest BCUT2D eigenvalue weighted by Gasteiger charge is 2.26. The number of para-hydroxylation sites is 1. The standard InChI is InChI=1S/C20H25N5O2S/c1-4-25-14(3)13-15(22-25)19(26)23-9-11-24(12-10-23)20-21-18-16(27-5-2)7-6-8-17(18)28-20/h6-8,13H,4-5,9-12H2,1-3H3.